The molecule has 1 heterocycles. The van der Waals surface area contributed by atoms with Crippen LogP contribution in [0.4, 0.5) is 0 Å². The van der Waals surface area contributed by atoms with Crippen molar-refractivity contribution in [2.24, 2.45) is 0 Å². The molecule has 1 aliphatic rings. The maximum absolute atomic E-state index is 12.4. The molecule has 18 heavy (non-hydrogen) atoms. The van der Waals surface area contributed by atoms with Gasteiger partial charge in [-0.3, -0.25) is 9.59 Å². The van der Waals surface area contributed by atoms with E-state index in [0.717, 1.165) is 12.8 Å². The highest BCUT2D eigenvalue weighted by molar-refractivity contribution is 5.88. The number of nitriles is 1. The molecule has 0 N–H and O–H groups in total. The summed E-state index contributed by atoms with van der Waals surface area (Å²) in [6, 6.07) is 1.63. The first kappa shape index (κ1) is 14.5. The minimum atomic E-state index is -0.389. The zero-order valence-electron chi connectivity index (χ0n) is 11.2. The lowest BCUT2D eigenvalue weighted by atomic mass is 10.1. The van der Waals surface area contributed by atoms with Gasteiger partial charge in [0.1, 0.15) is 12.6 Å². The van der Waals surface area contributed by atoms with Crippen LogP contribution < -0.4 is 0 Å². The van der Waals surface area contributed by atoms with E-state index >= 15 is 0 Å². The molecule has 1 saturated heterocycles. The molecule has 0 unspecified atom stereocenters. The Morgan fingerprint density at radius 2 is 2.28 bits per heavy atom. The Morgan fingerprint density at radius 3 is 2.72 bits per heavy atom. The van der Waals surface area contributed by atoms with Gasteiger partial charge >= 0.3 is 0 Å². The molecule has 5 nitrogen and oxygen atoms in total. The molecule has 1 rings (SSSR count). The first-order valence-corrected chi connectivity index (χ1v) is 6.60. The SMILES string of the molecule is CCCN(CC#N)C(=O)[C@@H](CC)N1CCCC1=O. The van der Waals surface area contributed by atoms with Gasteiger partial charge in [-0.25, -0.2) is 0 Å². The van der Waals surface area contributed by atoms with Crippen molar-refractivity contribution in [3.63, 3.8) is 0 Å². The van der Waals surface area contributed by atoms with Crippen molar-refractivity contribution in [3.8, 4) is 6.07 Å². The molecule has 0 spiro atoms. The Morgan fingerprint density at radius 1 is 1.56 bits per heavy atom. The number of amides is 2. The first-order valence-electron chi connectivity index (χ1n) is 6.60. The predicted octanol–water partition coefficient (Wildman–Crippen LogP) is 1.15. The smallest absolute Gasteiger partial charge is 0.246 e. The van der Waals surface area contributed by atoms with E-state index in [1.807, 2.05) is 19.9 Å². The number of hydrogen-bond donors (Lipinski definition) is 0. The highest BCUT2D eigenvalue weighted by atomic mass is 16.2. The summed E-state index contributed by atoms with van der Waals surface area (Å²) in [5, 5.41) is 8.76. The summed E-state index contributed by atoms with van der Waals surface area (Å²) >= 11 is 0. The zero-order chi connectivity index (χ0) is 13.5. The fourth-order valence-electron chi connectivity index (χ4n) is 2.36. The lowest BCUT2D eigenvalue weighted by Gasteiger charge is -2.30. The van der Waals surface area contributed by atoms with Crippen molar-refractivity contribution in [2.45, 2.75) is 45.6 Å². The molecule has 0 aliphatic carbocycles. The summed E-state index contributed by atoms with van der Waals surface area (Å²) < 4.78 is 0. The van der Waals surface area contributed by atoms with Gasteiger partial charge in [-0.2, -0.15) is 5.26 Å². The topological polar surface area (TPSA) is 64.4 Å². The fourth-order valence-corrected chi connectivity index (χ4v) is 2.36. The zero-order valence-corrected chi connectivity index (χ0v) is 11.2. The van der Waals surface area contributed by atoms with Crippen LogP contribution in [0.5, 0.6) is 0 Å². The van der Waals surface area contributed by atoms with E-state index in [4.69, 9.17) is 5.26 Å². The number of hydrogen-bond acceptors (Lipinski definition) is 3. The van der Waals surface area contributed by atoms with Crippen LogP contribution in [0.1, 0.15) is 39.5 Å². The molecule has 0 aromatic rings. The second-order valence-electron chi connectivity index (χ2n) is 4.53. The molecular formula is C13H21N3O2. The summed E-state index contributed by atoms with van der Waals surface area (Å²) in [7, 11) is 0. The van der Waals surface area contributed by atoms with Crippen LogP contribution in [-0.4, -0.2) is 47.3 Å². The van der Waals surface area contributed by atoms with E-state index in [9.17, 15) is 9.59 Å². The van der Waals surface area contributed by atoms with Crippen molar-refractivity contribution in [1.29, 1.82) is 5.26 Å². The van der Waals surface area contributed by atoms with Gasteiger partial charge in [-0.1, -0.05) is 13.8 Å². The van der Waals surface area contributed by atoms with E-state index in [2.05, 4.69) is 0 Å². The van der Waals surface area contributed by atoms with Gasteiger partial charge < -0.3 is 9.80 Å². The summed E-state index contributed by atoms with van der Waals surface area (Å²) in [5.74, 6) is -0.0280. The number of carbonyl (C=O) groups excluding carboxylic acids is 2. The third-order valence-corrected chi connectivity index (χ3v) is 3.22. The largest absolute Gasteiger partial charge is 0.331 e. The first-order chi connectivity index (χ1) is 8.65. The van der Waals surface area contributed by atoms with E-state index in [0.29, 0.717) is 25.9 Å². The Hall–Kier alpha value is -1.57. The minimum absolute atomic E-state index is 0.0589. The van der Waals surface area contributed by atoms with Gasteiger partial charge in [0.15, 0.2) is 0 Å². The van der Waals surface area contributed by atoms with Crippen molar-refractivity contribution in [3.05, 3.63) is 0 Å². The highest BCUT2D eigenvalue weighted by Gasteiger charge is 2.33. The molecule has 0 aromatic heterocycles. The molecule has 2 amide bonds. The van der Waals surface area contributed by atoms with Crippen molar-refractivity contribution in [2.75, 3.05) is 19.6 Å². The third-order valence-electron chi connectivity index (χ3n) is 3.22. The van der Waals surface area contributed by atoms with E-state index in [1.54, 1.807) is 9.80 Å². The van der Waals surface area contributed by atoms with Crippen LogP contribution in [-0.2, 0) is 9.59 Å². The summed E-state index contributed by atoms with van der Waals surface area (Å²) in [6.45, 7) is 5.22. The molecule has 1 atom stereocenters. The van der Waals surface area contributed by atoms with E-state index in [1.165, 1.54) is 0 Å². The van der Waals surface area contributed by atoms with Crippen LogP contribution in [0.3, 0.4) is 0 Å². The molecular weight excluding hydrogens is 230 g/mol. The van der Waals surface area contributed by atoms with Crippen molar-refractivity contribution >= 4 is 11.8 Å². The Balaban J connectivity index is 2.76. The standard InChI is InChI=1S/C13H21N3O2/c1-3-8-15(10-7-14)13(18)11(4-2)16-9-5-6-12(16)17/h11H,3-6,8-10H2,1-2H3/t11-/m1/s1. The quantitative estimate of drug-likeness (QED) is 0.665. The van der Waals surface area contributed by atoms with Crippen LogP contribution in [0.15, 0.2) is 0 Å². The maximum atomic E-state index is 12.4. The maximum Gasteiger partial charge on any atom is 0.246 e. The Labute approximate surface area is 108 Å². The van der Waals surface area contributed by atoms with Crippen LogP contribution in [0.25, 0.3) is 0 Å². The molecule has 1 aliphatic heterocycles. The van der Waals surface area contributed by atoms with E-state index in [-0.39, 0.29) is 24.4 Å². The average Bonchev–Trinajstić information content (AvgIpc) is 2.76. The lowest BCUT2D eigenvalue weighted by molar-refractivity contribution is -0.143. The molecule has 0 radical (unpaired) electrons. The van der Waals surface area contributed by atoms with Crippen LogP contribution in [0.2, 0.25) is 0 Å². The summed E-state index contributed by atoms with van der Waals surface area (Å²) in [6.07, 6.45) is 2.79. The predicted molar refractivity (Wildman–Crippen MR) is 67.5 cm³/mol. The Kier molecular flexibility index (Phi) is 5.63. The van der Waals surface area contributed by atoms with Crippen LogP contribution >= 0.6 is 0 Å². The van der Waals surface area contributed by atoms with Gasteiger partial charge in [0.2, 0.25) is 11.8 Å². The molecule has 100 valence electrons. The number of rotatable bonds is 6. The minimum Gasteiger partial charge on any atom is -0.331 e. The summed E-state index contributed by atoms with van der Waals surface area (Å²) in [4.78, 5) is 27.3. The monoisotopic (exact) mass is 251 g/mol. The number of carbonyl (C=O) groups is 2. The van der Waals surface area contributed by atoms with Crippen molar-refractivity contribution in [1.82, 2.24) is 9.80 Å². The lowest BCUT2D eigenvalue weighted by Crippen LogP contribution is -2.49. The Bertz CT molecular complexity index is 349. The fraction of sp³-hybridized carbons (Fsp3) is 0.769. The third kappa shape index (κ3) is 3.22. The number of nitrogens with zero attached hydrogens (tertiary/aromatic N) is 3. The van der Waals surface area contributed by atoms with Gasteiger partial charge in [0, 0.05) is 19.5 Å². The molecule has 1 fully saturated rings. The number of likely N-dealkylation sites (tertiary alicyclic amines) is 1. The normalized spacial score (nSPS) is 16.5. The summed E-state index contributed by atoms with van der Waals surface area (Å²) in [5.41, 5.74) is 0. The van der Waals surface area contributed by atoms with E-state index < -0.39 is 0 Å². The van der Waals surface area contributed by atoms with Gasteiger partial charge in [-0.05, 0) is 19.3 Å². The van der Waals surface area contributed by atoms with Crippen LogP contribution in [0, 0.1) is 11.3 Å². The molecule has 5 heteroatoms. The van der Waals surface area contributed by atoms with Gasteiger partial charge in [0.25, 0.3) is 0 Å². The highest BCUT2D eigenvalue weighted by Crippen LogP contribution is 2.17. The van der Waals surface area contributed by atoms with Crippen molar-refractivity contribution < 1.29 is 9.59 Å². The molecule has 0 bridgehead atoms. The van der Waals surface area contributed by atoms with Gasteiger partial charge in [-0.15, -0.1) is 0 Å². The average molecular weight is 251 g/mol. The second kappa shape index (κ2) is 7.00. The molecule has 0 saturated carbocycles. The molecule has 0 aromatic carbocycles. The second-order valence-corrected chi connectivity index (χ2v) is 4.53. The van der Waals surface area contributed by atoms with Gasteiger partial charge in [0.05, 0.1) is 6.07 Å².